The summed E-state index contributed by atoms with van der Waals surface area (Å²) in [6.07, 6.45) is -8.09. The molecule has 0 aliphatic heterocycles. The van der Waals surface area contributed by atoms with E-state index in [1.54, 1.807) is 0 Å². The minimum atomic E-state index is -5.17. The monoisotopic (exact) mass is 271 g/mol. The van der Waals surface area contributed by atoms with Crippen molar-refractivity contribution >= 4 is 5.97 Å². The molecule has 0 amide bonds. The maximum absolute atomic E-state index is 12.7. The smallest absolute Gasteiger partial charge is 0.422 e. The molecule has 1 rings (SSSR count). The molecule has 0 unspecified atom stereocenters. The number of carboxylic acid groups (broad SMARTS) is 1. The number of ether oxygens (including phenoxy) is 1. The molecule has 1 N–H and O–H groups in total. The van der Waals surface area contributed by atoms with Gasteiger partial charge in [-0.05, 0) is 0 Å². The Labute approximate surface area is 97.0 Å². The van der Waals surface area contributed by atoms with Crippen molar-refractivity contribution in [1.29, 1.82) is 0 Å². The van der Waals surface area contributed by atoms with E-state index in [9.17, 15) is 26.7 Å². The summed E-state index contributed by atoms with van der Waals surface area (Å²) >= 11 is 0. The molecule has 18 heavy (non-hydrogen) atoms. The summed E-state index contributed by atoms with van der Waals surface area (Å²) in [6, 6.07) is 0. The van der Waals surface area contributed by atoms with Crippen molar-refractivity contribution in [3.63, 3.8) is 0 Å². The molecule has 0 saturated carbocycles. The Bertz CT molecular complexity index is 472. The number of pyridine rings is 1. The number of hydrogen-bond acceptors (Lipinski definition) is 3. The highest BCUT2D eigenvalue weighted by molar-refractivity contribution is 5.88. The van der Waals surface area contributed by atoms with Gasteiger partial charge in [0.1, 0.15) is 11.3 Å². The van der Waals surface area contributed by atoms with Crippen molar-refractivity contribution in [2.45, 2.75) is 12.6 Å². The number of carbonyl (C=O) groups is 1. The van der Waals surface area contributed by atoms with Crippen LogP contribution in [0.1, 0.15) is 28.0 Å². The second kappa shape index (κ2) is 4.75. The van der Waals surface area contributed by atoms with Crippen LogP contribution in [-0.4, -0.2) is 23.2 Å². The molecule has 0 fully saturated rings. The van der Waals surface area contributed by atoms with E-state index in [1.165, 1.54) is 0 Å². The van der Waals surface area contributed by atoms with Crippen LogP contribution in [0, 0.1) is 0 Å². The molecule has 4 nitrogen and oxygen atoms in total. The number of rotatable bonds is 3. The van der Waals surface area contributed by atoms with Crippen LogP contribution in [-0.2, 0) is 6.18 Å². The highest BCUT2D eigenvalue weighted by atomic mass is 19.4. The van der Waals surface area contributed by atoms with Crippen molar-refractivity contribution in [2.24, 2.45) is 0 Å². The average molecular weight is 271 g/mol. The summed E-state index contributed by atoms with van der Waals surface area (Å²) in [4.78, 5) is 13.5. The zero-order valence-electron chi connectivity index (χ0n) is 8.76. The highest BCUT2D eigenvalue weighted by Crippen LogP contribution is 2.42. The van der Waals surface area contributed by atoms with Gasteiger partial charge >= 0.3 is 12.1 Å². The second-order valence-electron chi connectivity index (χ2n) is 3.07. The zero-order valence-corrected chi connectivity index (χ0v) is 8.76. The standard InChI is InChI=1S/C9H6F5NO3/c1-18-6-3(7(10)11)2-15-5(8(16)17)4(6)9(12,13)14/h2,7H,1H3,(H,16,17). The lowest BCUT2D eigenvalue weighted by Crippen LogP contribution is -2.18. The maximum Gasteiger partial charge on any atom is 0.422 e. The van der Waals surface area contributed by atoms with Gasteiger partial charge in [0.15, 0.2) is 5.69 Å². The van der Waals surface area contributed by atoms with Gasteiger partial charge in [-0.1, -0.05) is 0 Å². The van der Waals surface area contributed by atoms with Crippen LogP contribution < -0.4 is 4.74 Å². The first-order valence-corrected chi connectivity index (χ1v) is 4.35. The van der Waals surface area contributed by atoms with Gasteiger partial charge in [-0.3, -0.25) is 0 Å². The molecule has 0 aliphatic rings. The molecular weight excluding hydrogens is 265 g/mol. The normalized spacial score (nSPS) is 11.7. The molecule has 0 spiro atoms. The van der Waals surface area contributed by atoms with Gasteiger partial charge in [0.2, 0.25) is 0 Å². The number of hydrogen-bond donors (Lipinski definition) is 1. The van der Waals surface area contributed by atoms with Crippen LogP contribution in [0.5, 0.6) is 5.75 Å². The Morgan fingerprint density at radius 2 is 2.00 bits per heavy atom. The second-order valence-corrected chi connectivity index (χ2v) is 3.07. The fourth-order valence-electron chi connectivity index (χ4n) is 1.31. The predicted molar refractivity (Wildman–Crippen MR) is 47.7 cm³/mol. The Balaban J connectivity index is 3.67. The number of aromatic nitrogens is 1. The molecule has 100 valence electrons. The number of carboxylic acids is 1. The van der Waals surface area contributed by atoms with Gasteiger partial charge in [-0.2, -0.15) is 13.2 Å². The number of methoxy groups -OCH3 is 1. The summed E-state index contributed by atoms with van der Waals surface area (Å²) < 4.78 is 67.2. The van der Waals surface area contributed by atoms with Crippen LogP contribution in [0.25, 0.3) is 0 Å². The van der Waals surface area contributed by atoms with Crippen LogP contribution >= 0.6 is 0 Å². The Morgan fingerprint density at radius 1 is 1.44 bits per heavy atom. The van der Waals surface area contributed by atoms with E-state index >= 15 is 0 Å². The summed E-state index contributed by atoms with van der Waals surface area (Å²) in [5.41, 5.74) is -4.33. The van der Waals surface area contributed by atoms with Gasteiger partial charge < -0.3 is 9.84 Å². The first-order valence-electron chi connectivity index (χ1n) is 4.35. The summed E-state index contributed by atoms with van der Waals surface area (Å²) in [7, 11) is 0.738. The quantitative estimate of drug-likeness (QED) is 0.859. The van der Waals surface area contributed by atoms with E-state index in [-0.39, 0.29) is 0 Å². The molecule has 0 saturated heterocycles. The molecule has 1 aromatic heterocycles. The van der Waals surface area contributed by atoms with Gasteiger partial charge in [0.05, 0.1) is 12.7 Å². The van der Waals surface area contributed by atoms with Crippen molar-refractivity contribution in [1.82, 2.24) is 4.98 Å². The molecule has 1 aromatic rings. The first-order chi connectivity index (χ1) is 8.20. The van der Waals surface area contributed by atoms with E-state index in [2.05, 4.69) is 9.72 Å². The number of aromatic carboxylic acids is 1. The van der Waals surface area contributed by atoms with E-state index in [0.717, 1.165) is 7.11 Å². The van der Waals surface area contributed by atoms with Crippen LogP contribution in [0.3, 0.4) is 0 Å². The lowest BCUT2D eigenvalue weighted by atomic mass is 10.1. The zero-order chi connectivity index (χ0) is 14.1. The Hall–Kier alpha value is -1.93. The average Bonchev–Trinajstić information content (AvgIpc) is 2.25. The third-order valence-electron chi connectivity index (χ3n) is 1.98. The lowest BCUT2D eigenvalue weighted by molar-refractivity contribution is -0.139. The van der Waals surface area contributed by atoms with Crippen molar-refractivity contribution < 1.29 is 36.6 Å². The van der Waals surface area contributed by atoms with E-state index in [0.29, 0.717) is 6.20 Å². The van der Waals surface area contributed by atoms with Gasteiger partial charge in [-0.15, -0.1) is 0 Å². The molecular formula is C9H6F5NO3. The van der Waals surface area contributed by atoms with E-state index in [4.69, 9.17) is 5.11 Å². The third kappa shape index (κ3) is 2.49. The fraction of sp³-hybridized carbons (Fsp3) is 0.333. The maximum atomic E-state index is 12.7. The first kappa shape index (κ1) is 14.1. The number of nitrogens with zero attached hydrogens (tertiary/aromatic N) is 1. The van der Waals surface area contributed by atoms with Crippen molar-refractivity contribution in [2.75, 3.05) is 7.11 Å². The lowest BCUT2D eigenvalue weighted by Gasteiger charge is -2.16. The molecule has 0 aliphatic carbocycles. The molecule has 9 heteroatoms. The van der Waals surface area contributed by atoms with Crippen molar-refractivity contribution in [3.05, 3.63) is 23.0 Å². The largest absolute Gasteiger partial charge is 0.495 e. The molecule has 0 aromatic carbocycles. The summed E-state index contributed by atoms with van der Waals surface area (Å²) in [5.74, 6) is -3.22. The van der Waals surface area contributed by atoms with E-state index in [1.807, 2.05) is 0 Å². The predicted octanol–water partition coefficient (Wildman–Crippen LogP) is 2.74. The summed E-state index contributed by atoms with van der Waals surface area (Å²) in [6.45, 7) is 0. The molecule has 0 radical (unpaired) electrons. The summed E-state index contributed by atoms with van der Waals surface area (Å²) in [5, 5.41) is 8.57. The Kier molecular flexibility index (Phi) is 3.73. The Morgan fingerprint density at radius 3 is 2.33 bits per heavy atom. The number of alkyl halides is 5. The van der Waals surface area contributed by atoms with Gasteiger partial charge in [0.25, 0.3) is 6.43 Å². The minimum absolute atomic E-state index is 0.349. The fourth-order valence-corrected chi connectivity index (χ4v) is 1.31. The molecule has 0 atom stereocenters. The van der Waals surface area contributed by atoms with Crippen molar-refractivity contribution in [3.8, 4) is 5.75 Å². The topological polar surface area (TPSA) is 59.4 Å². The number of halogens is 5. The van der Waals surface area contributed by atoms with Crippen LogP contribution in [0.2, 0.25) is 0 Å². The minimum Gasteiger partial charge on any atom is -0.495 e. The van der Waals surface area contributed by atoms with Gasteiger partial charge in [-0.25, -0.2) is 18.6 Å². The van der Waals surface area contributed by atoms with E-state index < -0.39 is 41.1 Å². The molecule has 1 heterocycles. The van der Waals surface area contributed by atoms with Crippen LogP contribution in [0.15, 0.2) is 6.20 Å². The SMILES string of the molecule is COc1c(C(F)F)cnc(C(=O)O)c1C(F)(F)F. The third-order valence-corrected chi connectivity index (χ3v) is 1.98. The van der Waals surface area contributed by atoms with Crippen LogP contribution in [0.4, 0.5) is 22.0 Å². The molecule has 0 bridgehead atoms. The van der Waals surface area contributed by atoms with Gasteiger partial charge in [0, 0.05) is 6.20 Å². The highest BCUT2D eigenvalue weighted by Gasteiger charge is 2.42.